The van der Waals surface area contributed by atoms with Crippen molar-refractivity contribution < 1.29 is 47.8 Å². The van der Waals surface area contributed by atoms with Crippen molar-refractivity contribution >= 4 is 51.5 Å². The molecule has 0 saturated heterocycles. The molecule has 1 unspecified atom stereocenters. The van der Waals surface area contributed by atoms with E-state index in [0.29, 0.717) is 32.4 Å². The average molecular weight is 566 g/mol. The molecule has 0 radical (unpaired) electrons. The van der Waals surface area contributed by atoms with E-state index in [1.165, 1.54) is 39.2 Å². The van der Waals surface area contributed by atoms with Crippen LogP contribution < -0.4 is 16.0 Å². The van der Waals surface area contributed by atoms with Crippen molar-refractivity contribution in [1.82, 2.24) is 16.0 Å². The lowest BCUT2D eigenvalue weighted by Gasteiger charge is -2.16. The number of hydrogen-bond donors (Lipinski definition) is 3. The summed E-state index contributed by atoms with van der Waals surface area (Å²) in [7, 11) is 1.50. The molecular formula is C26H51N3O10. The molecule has 0 aliphatic carbocycles. The molecule has 1 atom stereocenters. The molecule has 0 fully saturated rings. The second-order valence-electron chi connectivity index (χ2n) is 6.90. The maximum atomic E-state index is 11.6. The topological polar surface area (TPSA) is 191 Å². The minimum absolute atomic E-state index is 0.246. The quantitative estimate of drug-likeness (QED) is 0.185. The minimum atomic E-state index is -0.642. The van der Waals surface area contributed by atoms with Crippen molar-refractivity contribution in [3.05, 3.63) is 0 Å². The maximum absolute atomic E-state index is 11.6. The zero-order chi connectivity index (χ0) is 31.7. The number of aldehydes is 1. The number of nitrogens with one attached hydrogen (secondary N) is 3. The van der Waals surface area contributed by atoms with Gasteiger partial charge in [-0.3, -0.25) is 4.79 Å². The van der Waals surface area contributed by atoms with E-state index in [4.69, 9.17) is 28.7 Å². The molecule has 39 heavy (non-hydrogen) atoms. The number of unbranched alkanes of at least 4 members (excludes halogenated alkanes) is 7. The Bertz CT molecular complexity index is 532. The number of hydrogen-bond acceptors (Lipinski definition) is 10. The monoisotopic (exact) mass is 565 g/mol. The summed E-state index contributed by atoms with van der Waals surface area (Å²) in [6.45, 7) is 14.7. The van der Waals surface area contributed by atoms with Gasteiger partial charge in [0.25, 0.3) is 0 Å². The maximum Gasteiger partial charge on any atom is 0.407 e. The molecule has 0 spiro atoms. The van der Waals surface area contributed by atoms with Gasteiger partial charge in [0, 0.05) is 20.0 Å². The summed E-state index contributed by atoms with van der Waals surface area (Å²) in [4.78, 5) is 75.9. The molecule has 0 aliphatic rings. The van der Waals surface area contributed by atoms with E-state index in [0.717, 1.165) is 19.1 Å². The highest BCUT2D eigenvalue weighted by atomic mass is 16.6. The zero-order valence-electron chi connectivity index (χ0n) is 24.3. The van der Waals surface area contributed by atoms with Crippen molar-refractivity contribution in [3.63, 3.8) is 0 Å². The summed E-state index contributed by atoms with van der Waals surface area (Å²) in [5, 5.41) is 7.58. The van der Waals surface area contributed by atoms with Gasteiger partial charge in [0.2, 0.25) is 5.91 Å². The largest absolute Gasteiger partial charge is 0.450 e. The number of carbonyl (C=O) groups is 8. The number of likely N-dealkylation sites (N-methyl/N-ethyl adjacent to an activating group) is 1. The fourth-order valence-corrected chi connectivity index (χ4v) is 2.61. The van der Waals surface area contributed by atoms with Crippen molar-refractivity contribution in [1.29, 1.82) is 0 Å². The Morgan fingerprint density at radius 2 is 1.21 bits per heavy atom. The van der Waals surface area contributed by atoms with Gasteiger partial charge in [-0.05, 0) is 39.5 Å². The van der Waals surface area contributed by atoms with Crippen LogP contribution in [0.2, 0.25) is 0 Å². The molecule has 0 rings (SSSR count). The number of ether oxygens (including phenoxy) is 2. The van der Waals surface area contributed by atoms with Crippen LogP contribution in [0.3, 0.4) is 0 Å². The van der Waals surface area contributed by atoms with E-state index in [2.05, 4.69) is 22.9 Å². The fourth-order valence-electron chi connectivity index (χ4n) is 2.61. The molecule has 0 saturated carbocycles. The predicted octanol–water partition coefficient (Wildman–Crippen LogP) is 2.96. The van der Waals surface area contributed by atoms with Gasteiger partial charge in [0.05, 0.1) is 13.2 Å². The molecule has 0 bridgehead atoms. The van der Waals surface area contributed by atoms with Crippen LogP contribution in [0.4, 0.5) is 9.59 Å². The Hall–Kier alpha value is -3.64. The first-order valence-corrected chi connectivity index (χ1v) is 12.6. The summed E-state index contributed by atoms with van der Waals surface area (Å²) in [5.74, 6) is -0.276. The Labute approximate surface area is 233 Å². The van der Waals surface area contributed by atoms with E-state index >= 15 is 0 Å². The first-order valence-electron chi connectivity index (χ1n) is 12.6. The molecule has 13 heteroatoms. The van der Waals surface area contributed by atoms with Gasteiger partial charge >= 0.3 is 12.2 Å². The van der Waals surface area contributed by atoms with Gasteiger partial charge in [0.15, 0.2) is 0 Å². The average Bonchev–Trinajstić information content (AvgIpc) is 2.98. The molecule has 3 amide bonds. The SMILES string of the molecule is C=O.C=O.C=O.C=O.CCCCCCCCC=O.CCOC(=O)NCCCCC(NC(=O)OCC)C(=O)NC. The standard InChI is InChI=1S/C13H25N3O5.C9H18O.4CH2O/c1-4-20-12(18)15-9-7-6-8-10(11(17)14-3)16-13(19)21-5-2;1-2-3-4-5-6-7-8-9-10;4*1-2/h10H,4-9H2,1-3H3,(H,14,17)(H,15,18)(H,16,19);9H,2-8H2,1H3;4*1H2. The van der Waals surface area contributed by atoms with Gasteiger partial charge < -0.3 is 49.4 Å². The van der Waals surface area contributed by atoms with E-state index in [-0.39, 0.29) is 12.5 Å². The summed E-state index contributed by atoms with van der Waals surface area (Å²) in [6.07, 6.45) is 10.1. The smallest absolute Gasteiger partial charge is 0.407 e. The van der Waals surface area contributed by atoms with Crippen molar-refractivity contribution in [2.45, 2.75) is 91.0 Å². The van der Waals surface area contributed by atoms with E-state index in [1.54, 1.807) is 13.8 Å². The van der Waals surface area contributed by atoms with Gasteiger partial charge in [-0.2, -0.15) is 0 Å². The number of rotatable bonds is 16. The molecule has 0 heterocycles. The highest BCUT2D eigenvalue weighted by Crippen LogP contribution is 2.05. The second-order valence-corrected chi connectivity index (χ2v) is 6.90. The lowest BCUT2D eigenvalue weighted by atomic mass is 10.1. The first kappa shape index (κ1) is 48.4. The summed E-state index contributed by atoms with van der Waals surface area (Å²) in [5.41, 5.74) is 0. The lowest BCUT2D eigenvalue weighted by molar-refractivity contribution is -0.122. The van der Waals surface area contributed by atoms with Gasteiger partial charge in [-0.25, -0.2) is 9.59 Å². The Morgan fingerprint density at radius 1 is 0.718 bits per heavy atom. The normalized spacial score (nSPS) is 8.92. The van der Waals surface area contributed by atoms with Gasteiger partial charge in [-0.1, -0.05) is 39.0 Å². The molecule has 3 N–H and O–H groups in total. The van der Waals surface area contributed by atoms with Crippen LogP contribution in [0.15, 0.2) is 0 Å². The molecular weight excluding hydrogens is 514 g/mol. The highest BCUT2D eigenvalue weighted by Gasteiger charge is 2.19. The third kappa shape index (κ3) is 48.1. The summed E-state index contributed by atoms with van der Waals surface area (Å²) >= 11 is 0. The molecule has 13 nitrogen and oxygen atoms in total. The van der Waals surface area contributed by atoms with Crippen LogP contribution in [0.1, 0.15) is 85.0 Å². The summed E-state index contributed by atoms with van der Waals surface area (Å²) in [6, 6.07) is -0.642. The highest BCUT2D eigenvalue weighted by molar-refractivity contribution is 5.85. The lowest BCUT2D eigenvalue weighted by Crippen LogP contribution is -2.45. The minimum Gasteiger partial charge on any atom is -0.450 e. The summed E-state index contributed by atoms with van der Waals surface area (Å²) < 4.78 is 9.47. The van der Waals surface area contributed by atoms with Gasteiger partial charge in [-0.15, -0.1) is 0 Å². The van der Waals surface area contributed by atoms with E-state index in [9.17, 15) is 19.2 Å². The third-order valence-corrected chi connectivity index (χ3v) is 4.27. The van der Waals surface area contributed by atoms with Crippen LogP contribution in [-0.4, -0.2) is 84.4 Å². The predicted molar refractivity (Wildman–Crippen MR) is 149 cm³/mol. The molecule has 230 valence electrons. The van der Waals surface area contributed by atoms with Crippen LogP contribution >= 0.6 is 0 Å². The van der Waals surface area contributed by atoms with Gasteiger partial charge in [0.1, 0.15) is 39.5 Å². The number of carbonyl (C=O) groups excluding carboxylic acids is 8. The molecule has 0 aromatic carbocycles. The third-order valence-electron chi connectivity index (χ3n) is 4.27. The zero-order valence-corrected chi connectivity index (χ0v) is 24.3. The van der Waals surface area contributed by atoms with Crippen LogP contribution in [-0.2, 0) is 38.2 Å². The molecule has 0 aromatic heterocycles. The van der Waals surface area contributed by atoms with Crippen LogP contribution in [0.5, 0.6) is 0 Å². The van der Waals surface area contributed by atoms with Crippen molar-refractivity contribution in [2.75, 3.05) is 26.8 Å². The van der Waals surface area contributed by atoms with Crippen molar-refractivity contribution in [2.24, 2.45) is 0 Å². The van der Waals surface area contributed by atoms with E-state index in [1.807, 2.05) is 27.2 Å². The Balaban J connectivity index is -0.000000126. The molecule has 0 aliphatic heterocycles. The van der Waals surface area contributed by atoms with Crippen molar-refractivity contribution in [3.8, 4) is 0 Å². The Kier molecular flexibility index (Phi) is 63.4. The first-order chi connectivity index (χ1) is 19.0. The second kappa shape index (κ2) is 51.1. The van der Waals surface area contributed by atoms with Crippen LogP contribution in [0.25, 0.3) is 0 Å². The fraction of sp³-hybridized carbons (Fsp3) is 0.692. The number of amides is 3. The van der Waals surface area contributed by atoms with E-state index < -0.39 is 18.2 Å². The number of alkyl carbamates (subject to hydrolysis) is 2. The molecule has 0 aromatic rings. The van der Waals surface area contributed by atoms with Crippen LogP contribution in [0, 0.1) is 0 Å². The Morgan fingerprint density at radius 3 is 1.67 bits per heavy atom.